The molecule has 2 rings (SSSR count). The Hall–Kier alpha value is -3.75. The number of non-ortho nitro benzene ring substituents is 1. The van der Waals surface area contributed by atoms with Gasteiger partial charge in [-0.15, -0.1) is 0 Å². The summed E-state index contributed by atoms with van der Waals surface area (Å²) < 4.78 is 0. The lowest BCUT2D eigenvalue weighted by Gasteiger charge is -2.07. The molecule has 0 radical (unpaired) electrons. The maximum atomic E-state index is 12.1. The van der Waals surface area contributed by atoms with E-state index in [-0.39, 0.29) is 24.2 Å². The van der Waals surface area contributed by atoms with Crippen molar-refractivity contribution in [3.05, 3.63) is 69.8 Å². The SMILES string of the molecule is O=C(O)CCNC(=O)c1ccc(NC(=O)c2ccc([N+](=O)[O-])cc2)cc1. The van der Waals surface area contributed by atoms with Gasteiger partial charge in [-0.3, -0.25) is 24.5 Å². The number of benzene rings is 2. The minimum Gasteiger partial charge on any atom is -0.481 e. The Balaban J connectivity index is 1.95. The number of carbonyl (C=O) groups is 3. The minimum atomic E-state index is -1.00. The number of aliphatic carboxylic acids is 1. The Morgan fingerprint density at radius 2 is 1.46 bits per heavy atom. The van der Waals surface area contributed by atoms with Crippen LogP contribution in [0.3, 0.4) is 0 Å². The van der Waals surface area contributed by atoms with Crippen LogP contribution in [-0.2, 0) is 4.79 Å². The molecule has 0 aromatic heterocycles. The van der Waals surface area contributed by atoms with Gasteiger partial charge in [0.2, 0.25) is 0 Å². The second-order valence-electron chi connectivity index (χ2n) is 5.24. The van der Waals surface area contributed by atoms with Gasteiger partial charge < -0.3 is 15.7 Å². The quantitative estimate of drug-likeness (QED) is 0.512. The van der Waals surface area contributed by atoms with Gasteiger partial charge in [0.25, 0.3) is 17.5 Å². The number of nitrogens with one attached hydrogen (secondary N) is 2. The Kier molecular flexibility index (Phi) is 5.99. The molecule has 9 nitrogen and oxygen atoms in total. The van der Waals surface area contributed by atoms with E-state index >= 15 is 0 Å². The van der Waals surface area contributed by atoms with Crippen molar-refractivity contribution >= 4 is 29.2 Å². The van der Waals surface area contributed by atoms with Gasteiger partial charge in [-0.25, -0.2) is 0 Å². The molecule has 0 spiro atoms. The summed E-state index contributed by atoms with van der Waals surface area (Å²) in [5, 5.41) is 24.2. The van der Waals surface area contributed by atoms with Crippen LogP contribution in [0.15, 0.2) is 48.5 Å². The van der Waals surface area contributed by atoms with Gasteiger partial charge in [-0.05, 0) is 36.4 Å². The zero-order valence-electron chi connectivity index (χ0n) is 13.5. The number of amides is 2. The summed E-state index contributed by atoms with van der Waals surface area (Å²) >= 11 is 0. The monoisotopic (exact) mass is 357 g/mol. The predicted octanol–water partition coefficient (Wildman–Crippen LogP) is 2.05. The van der Waals surface area contributed by atoms with Crippen LogP contribution in [0, 0.1) is 10.1 Å². The number of carbonyl (C=O) groups excluding carboxylic acids is 2. The van der Waals surface area contributed by atoms with Gasteiger partial charge in [0.05, 0.1) is 11.3 Å². The summed E-state index contributed by atoms with van der Waals surface area (Å²) in [6, 6.07) is 11.2. The van der Waals surface area contributed by atoms with E-state index in [9.17, 15) is 24.5 Å². The first-order chi connectivity index (χ1) is 12.4. The van der Waals surface area contributed by atoms with Crippen LogP contribution >= 0.6 is 0 Å². The lowest BCUT2D eigenvalue weighted by atomic mass is 10.1. The molecule has 0 fully saturated rings. The molecule has 0 saturated carbocycles. The van der Waals surface area contributed by atoms with Crippen molar-refractivity contribution in [1.29, 1.82) is 0 Å². The number of hydrogen-bond donors (Lipinski definition) is 3. The summed E-state index contributed by atoms with van der Waals surface area (Å²) in [5.41, 5.74) is 0.907. The highest BCUT2D eigenvalue weighted by molar-refractivity contribution is 6.04. The lowest BCUT2D eigenvalue weighted by Crippen LogP contribution is -2.25. The average molecular weight is 357 g/mol. The zero-order chi connectivity index (χ0) is 19.1. The Morgan fingerprint density at radius 1 is 0.923 bits per heavy atom. The zero-order valence-corrected chi connectivity index (χ0v) is 13.5. The standard InChI is InChI=1S/C17H15N3O6/c21-15(22)9-10-18-16(23)11-1-5-13(6-2-11)19-17(24)12-3-7-14(8-4-12)20(25)26/h1-8H,9-10H2,(H,18,23)(H,19,24)(H,21,22). The molecular weight excluding hydrogens is 342 g/mol. The van der Waals surface area contributed by atoms with Crippen LogP contribution in [0.5, 0.6) is 0 Å². The largest absolute Gasteiger partial charge is 0.481 e. The van der Waals surface area contributed by atoms with Crippen LogP contribution < -0.4 is 10.6 Å². The number of rotatable bonds is 7. The van der Waals surface area contributed by atoms with Gasteiger partial charge >= 0.3 is 5.97 Å². The molecule has 2 amide bonds. The minimum absolute atomic E-state index is 0.0206. The first-order valence-corrected chi connectivity index (χ1v) is 7.52. The highest BCUT2D eigenvalue weighted by atomic mass is 16.6. The number of hydrogen-bond acceptors (Lipinski definition) is 5. The van der Waals surface area contributed by atoms with E-state index in [0.717, 1.165) is 0 Å². The number of nitro groups is 1. The molecule has 0 aliphatic heterocycles. The number of anilines is 1. The van der Waals surface area contributed by atoms with Crippen LogP contribution in [0.25, 0.3) is 0 Å². The van der Waals surface area contributed by atoms with Crippen molar-refractivity contribution in [2.45, 2.75) is 6.42 Å². The van der Waals surface area contributed by atoms with Crippen molar-refractivity contribution in [1.82, 2.24) is 5.32 Å². The Labute approximate surface area is 147 Å². The van der Waals surface area contributed by atoms with Gasteiger partial charge in [0.1, 0.15) is 0 Å². The summed E-state index contributed by atoms with van der Waals surface area (Å²) in [7, 11) is 0. The van der Waals surface area contributed by atoms with E-state index in [4.69, 9.17) is 5.11 Å². The van der Waals surface area contributed by atoms with E-state index in [1.165, 1.54) is 48.5 Å². The molecule has 0 atom stereocenters. The summed E-state index contributed by atoms with van der Waals surface area (Å²) in [6.45, 7) is 0.0206. The number of carboxylic acid groups (broad SMARTS) is 1. The first kappa shape index (κ1) is 18.6. The third-order valence-electron chi connectivity index (χ3n) is 3.37. The van der Waals surface area contributed by atoms with Crippen LogP contribution in [0.2, 0.25) is 0 Å². The molecule has 26 heavy (non-hydrogen) atoms. The van der Waals surface area contributed by atoms with Crippen LogP contribution in [0.4, 0.5) is 11.4 Å². The summed E-state index contributed by atoms with van der Waals surface area (Å²) in [5.74, 6) is -1.87. The Bertz CT molecular complexity index is 831. The van der Waals surface area contributed by atoms with E-state index in [1.807, 2.05) is 0 Å². The van der Waals surface area contributed by atoms with Crippen molar-refractivity contribution in [2.24, 2.45) is 0 Å². The van der Waals surface area contributed by atoms with Crippen LogP contribution in [-0.4, -0.2) is 34.4 Å². The maximum Gasteiger partial charge on any atom is 0.305 e. The van der Waals surface area contributed by atoms with Crippen LogP contribution in [0.1, 0.15) is 27.1 Å². The van der Waals surface area contributed by atoms with Crippen molar-refractivity contribution in [2.75, 3.05) is 11.9 Å². The lowest BCUT2D eigenvalue weighted by molar-refractivity contribution is -0.384. The third kappa shape index (κ3) is 5.13. The van der Waals surface area contributed by atoms with E-state index in [2.05, 4.69) is 10.6 Å². The summed E-state index contributed by atoms with van der Waals surface area (Å²) in [4.78, 5) is 44.4. The molecule has 0 unspecified atom stereocenters. The van der Waals surface area contributed by atoms with E-state index in [0.29, 0.717) is 11.3 Å². The van der Waals surface area contributed by atoms with Crippen molar-refractivity contribution in [3.8, 4) is 0 Å². The molecule has 134 valence electrons. The first-order valence-electron chi connectivity index (χ1n) is 7.52. The molecule has 0 aliphatic carbocycles. The molecule has 0 aliphatic rings. The van der Waals surface area contributed by atoms with Crippen molar-refractivity contribution < 1.29 is 24.4 Å². The fourth-order valence-electron chi connectivity index (χ4n) is 2.03. The molecular formula is C17H15N3O6. The molecule has 9 heteroatoms. The van der Waals surface area contributed by atoms with Gasteiger partial charge in [0.15, 0.2) is 0 Å². The predicted molar refractivity (Wildman–Crippen MR) is 92.1 cm³/mol. The van der Waals surface area contributed by atoms with Gasteiger partial charge in [-0.2, -0.15) is 0 Å². The topological polar surface area (TPSA) is 139 Å². The van der Waals surface area contributed by atoms with E-state index in [1.54, 1.807) is 0 Å². The van der Waals surface area contributed by atoms with Crippen molar-refractivity contribution in [3.63, 3.8) is 0 Å². The smallest absolute Gasteiger partial charge is 0.305 e. The number of carboxylic acids is 1. The van der Waals surface area contributed by atoms with Gasteiger partial charge in [-0.1, -0.05) is 0 Å². The molecule has 0 heterocycles. The highest BCUT2D eigenvalue weighted by Crippen LogP contribution is 2.15. The second kappa shape index (κ2) is 8.38. The third-order valence-corrected chi connectivity index (χ3v) is 3.37. The maximum absolute atomic E-state index is 12.1. The molecule has 2 aromatic carbocycles. The fraction of sp³-hybridized carbons (Fsp3) is 0.118. The second-order valence-corrected chi connectivity index (χ2v) is 5.24. The Morgan fingerprint density at radius 3 is 2.00 bits per heavy atom. The number of nitrogens with zero attached hydrogens (tertiary/aromatic N) is 1. The average Bonchev–Trinajstić information content (AvgIpc) is 2.62. The molecule has 2 aromatic rings. The summed E-state index contributed by atoms with van der Waals surface area (Å²) in [6.07, 6.45) is -0.172. The van der Waals surface area contributed by atoms with Gasteiger partial charge in [0, 0.05) is 35.5 Å². The number of nitro benzene ring substituents is 1. The normalized spacial score (nSPS) is 10.0. The van der Waals surface area contributed by atoms with E-state index < -0.39 is 22.7 Å². The molecule has 0 saturated heterocycles. The highest BCUT2D eigenvalue weighted by Gasteiger charge is 2.11. The molecule has 0 bridgehead atoms. The fourth-order valence-corrected chi connectivity index (χ4v) is 2.03. The molecule has 3 N–H and O–H groups in total.